The van der Waals surface area contributed by atoms with Crippen LogP contribution in [-0.4, -0.2) is 39.7 Å². The third kappa shape index (κ3) is 6.55. The van der Waals surface area contributed by atoms with Crippen LogP contribution in [0.4, 0.5) is 16.3 Å². The van der Waals surface area contributed by atoms with Gasteiger partial charge >= 0.3 is 6.03 Å². The van der Waals surface area contributed by atoms with E-state index in [1.165, 1.54) is 10.5 Å². The van der Waals surface area contributed by atoms with Gasteiger partial charge in [-0.05, 0) is 61.1 Å². The summed E-state index contributed by atoms with van der Waals surface area (Å²) in [5, 5.41) is 10.8. The van der Waals surface area contributed by atoms with Gasteiger partial charge in [0.1, 0.15) is 12.4 Å². The standard InChI is InChI=1S/C32H37N5O2/c1-6-20-36(32(39)33-27-18-16-25(17-19-27)22(2)3)21-29(38)34-31-30(26-13-8-7-9-14-26)24(5)35-37(31)28-15-11-10-12-23(28)4/h7-19,22H,6,20-21H2,1-5H3,(H,33,39)(H,34,38). The minimum atomic E-state index is -0.309. The first-order valence-corrected chi connectivity index (χ1v) is 13.4. The van der Waals surface area contributed by atoms with E-state index in [0.717, 1.165) is 34.5 Å². The van der Waals surface area contributed by atoms with E-state index in [2.05, 4.69) is 24.5 Å². The lowest BCUT2D eigenvalue weighted by Gasteiger charge is -2.22. The van der Waals surface area contributed by atoms with Gasteiger partial charge in [-0.25, -0.2) is 9.48 Å². The minimum Gasteiger partial charge on any atom is -0.315 e. The second-order valence-electron chi connectivity index (χ2n) is 10.0. The molecule has 0 unspecified atom stereocenters. The number of urea groups is 1. The van der Waals surface area contributed by atoms with Gasteiger partial charge in [0, 0.05) is 17.8 Å². The number of amides is 3. The summed E-state index contributed by atoms with van der Waals surface area (Å²) in [4.78, 5) is 28.2. The SMILES string of the molecule is CCCN(CC(=O)Nc1c(-c2ccccc2)c(C)nn1-c1ccccc1C)C(=O)Nc1ccc(C(C)C)cc1. The first-order chi connectivity index (χ1) is 18.8. The number of rotatable bonds is 9. The number of hydrogen-bond acceptors (Lipinski definition) is 3. The molecule has 1 heterocycles. The molecule has 0 radical (unpaired) electrons. The van der Waals surface area contributed by atoms with Crippen LogP contribution < -0.4 is 10.6 Å². The quantitative estimate of drug-likeness (QED) is 0.244. The summed E-state index contributed by atoms with van der Waals surface area (Å²) in [6, 6.07) is 25.3. The highest BCUT2D eigenvalue weighted by Gasteiger charge is 2.23. The molecule has 2 N–H and O–H groups in total. The Balaban J connectivity index is 1.60. The van der Waals surface area contributed by atoms with Crippen LogP contribution in [0.15, 0.2) is 78.9 Å². The average molecular weight is 524 g/mol. The fourth-order valence-electron chi connectivity index (χ4n) is 4.59. The van der Waals surface area contributed by atoms with Gasteiger partial charge in [0.05, 0.1) is 11.4 Å². The van der Waals surface area contributed by atoms with Crippen LogP contribution in [0, 0.1) is 13.8 Å². The number of nitrogens with one attached hydrogen (secondary N) is 2. The molecule has 4 aromatic rings. The van der Waals surface area contributed by atoms with E-state index in [1.54, 1.807) is 4.68 Å². The van der Waals surface area contributed by atoms with Crippen LogP contribution in [-0.2, 0) is 4.79 Å². The minimum absolute atomic E-state index is 0.0873. The molecule has 7 nitrogen and oxygen atoms in total. The lowest BCUT2D eigenvalue weighted by molar-refractivity contribution is -0.116. The van der Waals surface area contributed by atoms with Crippen LogP contribution in [0.1, 0.15) is 49.9 Å². The van der Waals surface area contributed by atoms with E-state index in [4.69, 9.17) is 5.10 Å². The number of hydrogen-bond donors (Lipinski definition) is 2. The number of para-hydroxylation sites is 1. The highest BCUT2D eigenvalue weighted by atomic mass is 16.2. The molecule has 0 aliphatic rings. The fraction of sp³-hybridized carbons (Fsp3) is 0.281. The summed E-state index contributed by atoms with van der Waals surface area (Å²) >= 11 is 0. The summed E-state index contributed by atoms with van der Waals surface area (Å²) in [6.07, 6.45) is 0.725. The maximum atomic E-state index is 13.5. The predicted octanol–water partition coefficient (Wildman–Crippen LogP) is 7.16. The third-order valence-electron chi connectivity index (χ3n) is 6.67. The number of aryl methyl sites for hydroxylation is 2. The van der Waals surface area contributed by atoms with Gasteiger partial charge in [-0.3, -0.25) is 4.79 Å². The number of aromatic nitrogens is 2. The number of anilines is 2. The molecule has 0 fully saturated rings. The Morgan fingerprint density at radius 2 is 1.56 bits per heavy atom. The molecular weight excluding hydrogens is 486 g/mol. The van der Waals surface area contributed by atoms with Crippen molar-refractivity contribution in [1.82, 2.24) is 14.7 Å². The Hall–Kier alpha value is -4.39. The van der Waals surface area contributed by atoms with E-state index in [0.29, 0.717) is 24.0 Å². The van der Waals surface area contributed by atoms with E-state index in [1.807, 2.05) is 99.6 Å². The molecule has 7 heteroatoms. The molecule has 4 rings (SSSR count). The predicted molar refractivity (Wildman–Crippen MR) is 159 cm³/mol. The molecule has 3 amide bonds. The molecule has 0 atom stereocenters. The van der Waals surface area contributed by atoms with Crippen molar-refractivity contribution in [1.29, 1.82) is 0 Å². The van der Waals surface area contributed by atoms with Crippen molar-refractivity contribution >= 4 is 23.4 Å². The summed E-state index contributed by atoms with van der Waals surface area (Å²) in [6.45, 7) is 10.6. The zero-order valence-corrected chi connectivity index (χ0v) is 23.4. The number of carbonyl (C=O) groups excluding carboxylic acids is 2. The van der Waals surface area contributed by atoms with Crippen molar-refractivity contribution in [2.75, 3.05) is 23.7 Å². The smallest absolute Gasteiger partial charge is 0.315 e. The second kappa shape index (κ2) is 12.4. The van der Waals surface area contributed by atoms with Gasteiger partial charge in [0.25, 0.3) is 0 Å². The molecule has 202 valence electrons. The summed E-state index contributed by atoms with van der Waals surface area (Å²) in [7, 11) is 0. The van der Waals surface area contributed by atoms with Crippen LogP contribution in [0.2, 0.25) is 0 Å². The van der Waals surface area contributed by atoms with Crippen molar-refractivity contribution < 1.29 is 9.59 Å². The van der Waals surface area contributed by atoms with Crippen molar-refractivity contribution in [2.45, 2.75) is 47.0 Å². The summed E-state index contributed by atoms with van der Waals surface area (Å²) in [5.74, 6) is 0.701. The van der Waals surface area contributed by atoms with Crippen LogP contribution in [0.25, 0.3) is 16.8 Å². The Kier molecular flexibility index (Phi) is 8.81. The van der Waals surface area contributed by atoms with Gasteiger partial charge in [0.2, 0.25) is 5.91 Å². The number of carbonyl (C=O) groups is 2. The lowest BCUT2D eigenvalue weighted by Crippen LogP contribution is -2.41. The van der Waals surface area contributed by atoms with Gasteiger partial charge in [-0.15, -0.1) is 0 Å². The highest BCUT2D eigenvalue weighted by molar-refractivity contribution is 5.99. The van der Waals surface area contributed by atoms with Crippen LogP contribution in [0.5, 0.6) is 0 Å². The zero-order chi connectivity index (χ0) is 27.9. The number of benzene rings is 3. The monoisotopic (exact) mass is 523 g/mol. The zero-order valence-electron chi connectivity index (χ0n) is 23.4. The summed E-state index contributed by atoms with van der Waals surface area (Å²) < 4.78 is 1.78. The molecule has 0 saturated heterocycles. The number of nitrogens with zero attached hydrogens (tertiary/aromatic N) is 3. The maximum Gasteiger partial charge on any atom is 0.322 e. The Bertz CT molecular complexity index is 1420. The molecular formula is C32H37N5O2. The van der Waals surface area contributed by atoms with Crippen molar-refractivity contribution in [3.05, 3.63) is 95.7 Å². The largest absolute Gasteiger partial charge is 0.322 e. The van der Waals surface area contributed by atoms with Crippen molar-refractivity contribution in [3.8, 4) is 16.8 Å². The molecule has 0 bridgehead atoms. The molecule has 0 aliphatic heterocycles. The molecule has 0 saturated carbocycles. The van der Waals surface area contributed by atoms with Crippen molar-refractivity contribution in [3.63, 3.8) is 0 Å². The molecule has 3 aromatic carbocycles. The average Bonchev–Trinajstić information content (AvgIpc) is 3.24. The van der Waals surface area contributed by atoms with Crippen LogP contribution in [0.3, 0.4) is 0 Å². The first-order valence-electron chi connectivity index (χ1n) is 13.4. The normalized spacial score (nSPS) is 10.9. The molecule has 0 aliphatic carbocycles. The van der Waals surface area contributed by atoms with E-state index >= 15 is 0 Å². The van der Waals surface area contributed by atoms with Gasteiger partial charge in [-0.1, -0.05) is 81.4 Å². The van der Waals surface area contributed by atoms with E-state index < -0.39 is 0 Å². The summed E-state index contributed by atoms with van der Waals surface area (Å²) in [5.41, 5.74) is 6.42. The fourth-order valence-corrected chi connectivity index (χ4v) is 4.59. The topological polar surface area (TPSA) is 79.3 Å². The van der Waals surface area contributed by atoms with E-state index in [9.17, 15) is 9.59 Å². The van der Waals surface area contributed by atoms with Crippen LogP contribution >= 0.6 is 0 Å². The van der Waals surface area contributed by atoms with Gasteiger partial charge in [-0.2, -0.15) is 5.10 Å². The lowest BCUT2D eigenvalue weighted by atomic mass is 10.0. The second-order valence-corrected chi connectivity index (χ2v) is 10.0. The Labute approximate surface area is 230 Å². The third-order valence-corrected chi connectivity index (χ3v) is 6.67. The first kappa shape index (κ1) is 27.6. The molecule has 1 aromatic heterocycles. The molecule has 0 spiro atoms. The maximum absolute atomic E-state index is 13.5. The Morgan fingerprint density at radius 3 is 2.21 bits per heavy atom. The Morgan fingerprint density at radius 1 is 0.897 bits per heavy atom. The van der Waals surface area contributed by atoms with Gasteiger partial charge in [0.15, 0.2) is 0 Å². The van der Waals surface area contributed by atoms with E-state index in [-0.39, 0.29) is 18.5 Å². The van der Waals surface area contributed by atoms with Gasteiger partial charge < -0.3 is 15.5 Å². The molecule has 39 heavy (non-hydrogen) atoms. The van der Waals surface area contributed by atoms with Crippen molar-refractivity contribution in [2.24, 2.45) is 0 Å². The highest BCUT2D eigenvalue weighted by Crippen LogP contribution is 2.34.